The minimum Gasteiger partial charge on any atom is -0.316 e. The maximum Gasteiger partial charge on any atom is 0.0217 e. The molecule has 2 aliphatic heterocycles. The van der Waals surface area contributed by atoms with Crippen molar-refractivity contribution in [3.8, 4) is 0 Å². The molecule has 0 aliphatic carbocycles. The Balaban J connectivity index is 0.00000162. The standard InChI is InChI=1S/C14H29N3.ClH/c1-16(2)14-6-4-9-17(12-14)10-7-13-5-3-8-15-11-13;/h13-15H,3-12H2,1-2H3;1H. The number of nitrogens with zero attached hydrogens (tertiary/aromatic N) is 2. The molecule has 1 N–H and O–H groups in total. The van der Waals surface area contributed by atoms with Gasteiger partial charge in [0.05, 0.1) is 0 Å². The molecule has 2 unspecified atom stereocenters. The average Bonchev–Trinajstić information content (AvgIpc) is 2.38. The molecule has 0 aromatic heterocycles. The minimum atomic E-state index is 0. The highest BCUT2D eigenvalue weighted by Gasteiger charge is 2.22. The Morgan fingerprint density at radius 2 is 2.06 bits per heavy atom. The Morgan fingerprint density at radius 1 is 1.22 bits per heavy atom. The van der Waals surface area contributed by atoms with Gasteiger partial charge in [-0.2, -0.15) is 0 Å². The predicted octanol–water partition coefficient (Wildman–Crippen LogP) is 1.82. The third-order valence-corrected chi connectivity index (χ3v) is 4.46. The third kappa shape index (κ3) is 5.04. The van der Waals surface area contributed by atoms with E-state index in [9.17, 15) is 0 Å². The van der Waals surface area contributed by atoms with E-state index in [1.165, 1.54) is 64.8 Å². The van der Waals surface area contributed by atoms with Crippen molar-refractivity contribution in [2.45, 2.75) is 38.1 Å². The van der Waals surface area contributed by atoms with Crippen LogP contribution in [0.5, 0.6) is 0 Å². The lowest BCUT2D eigenvalue weighted by Crippen LogP contribution is -2.45. The van der Waals surface area contributed by atoms with Crippen LogP contribution in [0.25, 0.3) is 0 Å². The van der Waals surface area contributed by atoms with Crippen LogP contribution in [0.15, 0.2) is 0 Å². The first-order chi connectivity index (χ1) is 8.25. The van der Waals surface area contributed by atoms with Gasteiger partial charge in [0.25, 0.3) is 0 Å². The molecule has 0 radical (unpaired) electrons. The van der Waals surface area contributed by atoms with Crippen molar-refractivity contribution in [1.29, 1.82) is 0 Å². The molecular formula is C14H30ClN3. The molecule has 2 atom stereocenters. The summed E-state index contributed by atoms with van der Waals surface area (Å²) in [4.78, 5) is 5.08. The topological polar surface area (TPSA) is 18.5 Å². The zero-order valence-electron chi connectivity index (χ0n) is 12.0. The van der Waals surface area contributed by atoms with Crippen molar-refractivity contribution in [2.24, 2.45) is 5.92 Å². The molecule has 2 aliphatic rings. The van der Waals surface area contributed by atoms with Gasteiger partial charge in [-0.25, -0.2) is 0 Å². The lowest BCUT2D eigenvalue weighted by Gasteiger charge is -2.37. The van der Waals surface area contributed by atoms with Crippen LogP contribution in [0.3, 0.4) is 0 Å². The van der Waals surface area contributed by atoms with Gasteiger partial charge >= 0.3 is 0 Å². The van der Waals surface area contributed by atoms with Crippen molar-refractivity contribution in [2.75, 3.05) is 46.8 Å². The van der Waals surface area contributed by atoms with E-state index >= 15 is 0 Å². The molecule has 4 heteroatoms. The normalized spacial score (nSPS) is 30.2. The molecule has 2 heterocycles. The molecule has 2 rings (SSSR count). The largest absolute Gasteiger partial charge is 0.316 e. The second-order valence-corrected chi connectivity index (χ2v) is 6.06. The predicted molar refractivity (Wildman–Crippen MR) is 80.6 cm³/mol. The SMILES string of the molecule is CN(C)C1CCCN(CCC2CCCNC2)C1.Cl. The molecule has 0 aromatic rings. The van der Waals surface area contributed by atoms with Crippen molar-refractivity contribution in [3.63, 3.8) is 0 Å². The van der Waals surface area contributed by atoms with Crippen LogP contribution in [0.2, 0.25) is 0 Å². The van der Waals surface area contributed by atoms with Crippen molar-refractivity contribution < 1.29 is 0 Å². The molecule has 0 aromatic carbocycles. The van der Waals surface area contributed by atoms with E-state index in [1.54, 1.807) is 0 Å². The summed E-state index contributed by atoms with van der Waals surface area (Å²) in [6.07, 6.45) is 6.98. The summed E-state index contributed by atoms with van der Waals surface area (Å²) in [5.74, 6) is 0.934. The van der Waals surface area contributed by atoms with Gasteiger partial charge in [0.15, 0.2) is 0 Å². The highest BCUT2D eigenvalue weighted by atomic mass is 35.5. The molecule has 0 spiro atoms. The molecule has 0 saturated carbocycles. The second kappa shape index (κ2) is 8.36. The van der Waals surface area contributed by atoms with Gasteiger partial charge in [-0.3, -0.25) is 0 Å². The first kappa shape index (κ1) is 16.2. The summed E-state index contributed by atoms with van der Waals surface area (Å²) in [7, 11) is 4.44. The van der Waals surface area contributed by atoms with Crippen LogP contribution in [0, 0.1) is 5.92 Å². The van der Waals surface area contributed by atoms with Crippen molar-refractivity contribution in [1.82, 2.24) is 15.1 Å². The van der Waals surface area contributed by atoms with E-state index in [2.05, 4.69) is 29.2 Å². The third-order valence-electron chi connectivity index (χ3n) is 4.46. The number of piperidine rings is 2. The summed E-state index contributed by atoms with van der Waals surface area (Å²) in [5.41, 5.74) is 0. The fourth-order valence-electron chi connectivity index (χ4n) is 3.19. The van der Waals surface area contributed by atoms with Crippen LogP contribution < -0.4 is 5.32 Å². The Hall–Kier alpha value is 0.170. The molecule has 18 heavy (non-hydrogen) atoms. The van der Waals surface area contributed by atoms with E-state index in [0.29, 0.717) is 0 Å². The first-order valence-electron chi connectivity index (χ1n) is 7.35. The Labute approximate surface area is 119 Å². The van der Waals surface area contributed by atoms with Gasteiger partial charge in [-0.15, -0.1) is 12.4 Å². The molecular weight excluding hydrogens is 246 g/mol. The second-order valence-electron chi connectivity index (χ2n) is 6.06. The summed E-state index contributed by atoms with van der Waals surface area (Å²) in [6, 6.07) is 0.785. The first-order valence-corrected chi connectivity index (χ1v) is 7.35. The summed E-state index contributed by atoms with van der Waals surface area (Å²) >= 11 is 0. The van der Waals surface area contributed by atoms with Crippen LogP contribution >= 0.6 is 12.4 Å². The quantitative estimate of drug-likeness (QED) is 0.845. The van der Waals surface area contributed by atoms with E-state index in [0.717, 1.165) is 12.0 Å². The van der Waals surface area contributed by atoms with Gasteiger partial charge in [0.1, 0.15) is 0 Å². The van der Waals surface area contributed by atoms with Crippen LogP contribution in [0.1, 0.15) is 32.1 Å². The van der Waals surface area contributed by atoms with Gasteiger partial charge in [-0.05, 0) is 78.3 Å². The maximum absolute atomic E-state index is 3.52. The van der Waals surface area contributed by atoms with Crippen LogP contribution in [0.4, 0.5) is 0 Å². The number of rotatable bonds is 4. The Bertz CT molecular complexity index is 217. The van der Waals surface area contributed by atoms with Gasteiger partial charge in [-0.1, -0.05) is 0 Å². The Morgan fingerprint density at radius 3 is 2.72 bits per heavy atom. The van der Waals surface area contributed by atoms with Crippen LogP contribution in [-0.4, -0.2) is 62.7 Å². The molecule has 2 saturated heterocycles. The van der Waals surface area contributed by atoms with Gasteiger partial charge in [0.2, 0.25) is 0 Å². The van der Waals surface area contributed by atoms with E-state index in [-0.39, 0.29) is 12.4 Å². The van der Waals surface area contributed by atoms with Crippen molar-refractivity contribution in [3.05, 3.63) is 0 Å². The molecule has 3 nitrogen and oxygen atoms in total. The summed E-state index contributed by atoms with van der Waals surface area (Å²) in [5, 5.41) is 3.52. The summed E-state index contributed by atoms with van der Waals surface area (Å²) < 4.78 is 0. The zero-order valence-corrected chi connectivity index (χ0v) is 12.8. The fraction of sp³-hybridized carbons (Fsp3) is 1.00. The van der Waals surface area contributed by atoms with Gasteiger partial charge in [0, 0.05) is 12.6 Å². The Kier molecular flexibility index (Phi) is 7.54. The molecule has 108 valence electrons. The fourth-order valence-corrected chi connectivity index (χ4v) is 3.19. The van der Waals surface area contributed by atoms with E-state index in [4.69, 9.17) is 0 Å². The lowest BCUT2D eigenvalue weighted by atomic mass is 9.95. The number of halogens is 1. The zero-order chi connectivity index (χ0) is 12.1. The maximum atomic E-state index is 3.52. The highest BCUT2D eigenvalue weighted by molar-refractivity contribution is 5.85. The number of hydrogen-bond acceptors (Lipinski definition) is 3. The number of hydrogen-bond donors (Lipinski definition) is 1. The average molecular weight is 276 g/mol. The number of likely N-dealkylation sites (tertiary alicyclic amines) is 1. The molecule has 0 bridgehead atoms. The lowest BCUT2D eigenvalue weighted by molar-refractivity contribution is 0.125. The number of nitrogens with one attached hydrogen (secondary N) is 1. The van der Waals surface area contributed by atoms with E-state index < -0.39 is 0 Å². The van der Waals surface area contributed by atoms with Crippen LogP contribution in [-0.2, 0) is 0 Å². The molecule has 0 amide bonds. The molecule has 2 fully saturated rings. The van der Waals surface area contributed by atoms with Gasteiger partial charge < -0.3 is 15.1 Å². The van der Waals surface area contributed by atoms with Crippen molar-refractivity contribution >= 4 is 12.4 Å². The highest BCUT2D eigenvalue weighted by Crippen LogP contribution is 2.18. The number of likely N-dealkylation sites (N-methyl/N-ethyl adjacent to an activating group) is 1. The monoisotopic (exact) mass is 275 g/mol. The smallest absolute Gasteiger partial charge is 0.0217 e. The summed E-state index contributed by atoms with van der Waals surface area (Å²) in [6.45, 7) is 6.42. The van der Waals surface area contributed by atoms with E-state index in [1.807, 2.05) is 0 Å². The minimum absolute atomic E-state index is 0.